The topological polar surface area (TPSA) is 79.8 Å². The molecule has 122 valence electrons. The third-order valence-corrected chi connectivity index (χ3v) is 4.46. The van der Waals surface area contributed by atoms with E-state index >= 15 is 0 Å². The van der Waals surface area contributed by atoms with E-state index in [0.717, 1.165) is 16.7 Å². The van der Waals surface area contributed by atoms with Gasteiger partial charge in [-0.15, -0.1) is 11.3 Å². The molecule has 0 amide bonds. The van der Waals surface area contributed by atoms with Crippen LogP contribution in [0.5, 0.6) is 0 Å². The van der Waals surface area contributed by atoms with Gasteiger partial charge >= 0.3 is 0 Å². The highest BCUT2D eigenvalue weighted by atomic mass is 32.1. The highest BCUT2D eigenvalue weighted by molar-refractivity contribution is 7.11. The Labute approximate surface area is 148 Å². The van der Waals surface area contributed by atoms with Gasteiger partial charge in [0.1, 0.15) is 11.1 Å². The number of hydrogen-bond acceptors (Lipinski definition) is 5. The van der Waals surface area contributed by atoms with Crippen molar-refractivity contribution in [2.45, 2.75) is 6.92 Å². The molecular weight excluding hydrogens is 334 g/mol. The van der Waals surface area contributed by atoms with Crippen LogP contribution in [-0.2, 0) is 0 Å². The van der Waals surface area contributed by atoms with Crippen molar-refractivity contribution in [3.63, 3.8) is 0 Å². The molecule has 0 atom stereocenters. The van der Waals surface area contributed by atoms with E-state index in [-0.39, 0.29) is 5.69 Å². The van der Waals surface area contributed by atoms with Crippen LogP contribution in [-0.4, -0.2) is 9.91 Å². The lowest BCUT2D eigenvalue weighted by molar-refractivity contribution is -0.384. The molecule has 5 nitrogen and oxygen atoms in total. The van der Waals surface area contributed by atoms with Gasteiger partial charge in [0, 0.05) is 23.1 Å². The van der Waals surface area contributed by atoms with Gasteiger partial charge in [-0.1, -0.05) is 29.8 Å². The Morgan fingerprint density at radius 2 is 2.04 bits per heavy atom. The largest absolute Gasteiger partial charge is 0.269 e. The molecule has 0 radical (unpaired) electrons. The lowest BCUT2D eigenvalue weighted by Crippen LogP contribution is -1.87. The average Bonchev–Trinajstić information content (AvgIpc) is 3.09. The molecule has 0 saturated heterocycles. The zero-order chi connectivity index (χ0) is 17.8. The molecule has 6 heteroatoms. The highest BCUT2D eigenvalue weighted by Crippen LogP contribution is 2.28. The Kier molecular flexibility index (Phi) is 4.68. The van der Waals surface area contributed by atoms with Crippen LogP contribution in [0.4, 0.5) is 5.69 Å². The van der Waals surface area contributed by atoms with Gasteiger partial charge in [-0.3, -0.25) is 10.1 Å². The molecule has 0 aliphatic carbocycles. The molecule has 3 aromatic rings. The van der Waals surface area contributed by atoms with Gasteiger partial charge in [-0.2, -0.15) is 5.26 Å². The van der Waals surface area contributed by atoms with Crippen LogP contribution in [0, 0.1) is 28.4 Å². The van der Waals surface area contributed by atoms with E-state index in [1.54, 1.807) is 12.1 Å². The van der Waals surface area contributed by atoms with Crippen molar-refractivity contribution in [3.8, 4) is 17.3 Å². The molecule has 0 N–H and O–H groups in total. The first-order chi connectivity index (χ1) is 12.1. The summed E-state index contributed by atoms with van der Waals surface area (Å²) in [7, 11) is 0. The first kappa shape index (κ1) is 16.6. The Bertz CT molecular complexity index is 998. The summed E-state index contributed by atoms with van der Waals surface area (Å²) in [6, 6.07) is 16.3. The summed E-state index contributed by atoms with van der Waals surface area (Å²) in [5.74, 6) is 0. The predicted molar refractivity (Wildman–Crippen MR) is 98.9 cm³/mol. The Hall–Kier alpha value is -3.30. The molecule has 0 fully saturated rings. The standard InChI is InChI=1S/C19H13N3O2S/c1-13-3-2-4-14(9-13)10-16(11-20)19-21-18(12-25-19)15-5-7-17(8-6-15)22(23)24/h2-10,12H,1H3/b16-10-. The summed E-state index contributed by atoms with van der Waals surface area (Å²) in [6.07, 6.45) is 1.81. The van der Waals surface area contributed by atoms with Gasteiger partial charge in [0.05, 0.1) is 16.2 Å². The maximum atomic E-state index is 10.7. The SMILES string of the molecule is Cc1cccc(/C=C(/C#N)c2nc(-c3ccc([N+](=O)[O-])cc3)cs2)c1. The molecule has 2 aromatic carbocycles. The number of allylic oxidation sites excluding steroid dienone is 1. The molecular formula is C19H13N3O2S. The van der Waals surface area contributed by atoms with E-state index in [2.05, 4.69) is 11.1 Å². The second kappa shape index (κ2) is 7.07. The number of hydrogen-bond donors (Lipinski definition) is 0. The Balaban J connectivity index is 1.91. The molecule has 0 aliphatic heterocycles. The van der Waals surface area contributed by atoms with Gasteiger partial charge in [-0.25, -0.2) is 4.98 Å². The van der Waals surface area contributed by atoms with E-state index in [1.807, 2.05) is 42.6 Å². The number of nitro benzene ring substituents is 1. The molecule has 3 rings (SSSR count). The minimum absolute atomic E-state index is 0.0382. The predicted octanol–water partition coefficient (Wildman–Crippen LogP) is 5.09. The number of rotatable bonds is 4. The van der Waals surface area contributed by atoms with Crippen molar-refractivity contribution in [3.05, 3.63) is 80.2 Å². The van der Waals surface area contributed by atoms with E-state index in [0.29, 0.717) is 16.3 Å². The average molecular weight is 347 g/mol. The number of benzene rings is 2. The summed E-state index contributed by atoms with van der Waals surface area (Å²) in [4.78, 5) is 14.8. The lowest BCUT2D eigenvalue weighted by Gasteiger charge is -1.98. The number of aryl methyl sites for hydroxylation is 1. The number of aromatic nitrogens is 1. The van der Waals surface area contributed by atoms with Crippen LogP contribution in [0.15, 0.2) is 53.9 Å². The number of thiazole rings is 1. The fourth-order valence-corrected chi connectivity index (χ4v) is 3.15. The first-order valence-electron chi connectivity index (χ1n) is 7.46. The van der Waals surface area contributed by atoms with E-state index in [9.17, 15) is 15.4 Å². The highest BCUT2D eigenvalue weighted by Gasteiger charge is 2.11. The number of nitrogens with zero attached hydrogens (tertiary/aromatic N) is 3. The lowest BCUT2D eigenvalue weighted by atomic mass is 10.1. The van der Waals surface area contributed by atoms with E-state index < -0.39 is 4.92 Å². The monoisotopic (exact) mass is 347 g/mol. The van der Waals surface area contributed by atoms with Crippen LogP contribution in [0.3, 0.4) is 0 Å². The van der Waals surface area contributed by atoms with Crippen molar-refractivity contribution in [2.24, 2.45) is 0 Å². The normalized spacial score (nSPS) is 11.1. The van der Waals surface area contributed by atoms with Crippen LogP contribution >= 0.6 is 11.3 Å². The zero-order valence-electron chi connectivity index (χ0n) is 13.3. The van der Waals surface area contributed by atoms with Crippen molar-refractivity contribution >= 4 is 28.7 Å². The van der Waals surface area contributed by atoms with Crippen molar-refractivity contribution in [1.29, 1.82) is 5.26 Å². The third kappa shape index (κ3) is 3.79. The molecule has 0 spiro atoms. The van der Waals surface area contributed by atoms with Gasteiger partial charge in [0.25, 0.3) is 5.69 Å². The molecule has 1 aromatic heterocycles. The Morgan fingerprint density at radius 1 is 1.28 bits per heavy atom. The van der Waals surface area contributed by atoms with Crippen LogP contribution in [0.2, 0.25) is 0 Å². The van der Waals surface area contributed by atoms with E-state index in [1.165, 1.54) is 23.5 Å². The van der Waals surface area contributed by atoms with Crippen molar-refractivity contribution < 1.29 is 4.92 Å². The number of nitriles is 1. The number of nitro groups is 1. The Morgan fingerprint density at radius 3 is 2.68 bits per heavy atom. The summed E-state index contributed by atoms with van der Waals surface area (Å²) in [5.41, 5.74) is 4.07. The van der Waals surface area contributed by atoms with Gasteiger partial charge < -0.3 is 0 Å². The fraction of sp³-hybridized carbons (Fsp3) is 0.0526. The maximum Gasteiger partial charge on any atom is 0.269 e. The smallest absolute Gasteiger partial charge is 0.258 e. The van der Waals surface area contributed by atoms with E-state index in [4.69, 9.17) is 0 Å². The molecule has 0 aliphatic rings. The quantitative estimate of drug-likeness (QED) is 0.374. The van der Waals surface area contributed by atoms with Crippen LogP contribution < -0.4 is 0 Å². The van der Waals surface area contributed by atoms with Gasteiger partial charge in [0.2, 0.25) is 0 Å². The number of non-ortho nitro benzene ring substituents is 1. The molecule has 25 heavy (non-hydrogen) atoms. The summed E-state index contributed by atoms with van der Waals surface area (Å²) < 4.78 is 0. The van der Waals surface area contributed by atoms with Gasteiger partial charge in [-0.05, 0) is 30.7 Å². The first-order valence-corrected chi connectivity index (χ1v) is 8.34. The fourth-order valence-electron chi connectivity index (χ4n) is 2.35. The third-order valence-electron chi connectivity index (χ3n) is 3.58. The second-order valence-corrected chi connectivity index (χ2v) is 6.28. The zero-order valence-corrected chi connectivity index (χ0v) is 14.2. The second-order valence-electron chi connectivity index (χ2n) is 5.43. The minimum Gasteiger partial charge on any atom is -0.258 e. The minimum atomic E-state index is -0.436. The van der Waals surface area contributed by atoms with Crippen molar-refractivity contribution in [2.75, 3.05) is 0 Å². The maximum absolute atomic E-state index is 10.7. The van der Waals surface area contributed by atoms with Crippen LogP contribution in [0.1, 0.15) is 16.1 Å². The molecule has 0 unspecified atom stereocenters. The summed E-state index contributed by atoms with van der Waals surface area (Å²) in [6.45, 7) is 2.00. The molecule has 0 saturated carbocycles. The van der Waals surface area contributed by atoms with Gasteiger partial charge in [0.15, 0.2) is 0 Å². The summed E-state index contributed by atoms with van der Waals surface area (Å²) in [5, 5.41) is 22.7. The molecule has 0 bridgehead atoms. The summed E-state index contributed by atoms with van der Waals surface area (Å²) >= 11 is 1.38. The van der Waals surface area contributed by atoms with Crippen LogP contribution in [0.25, 0.3) is 22.9 Å². The van der Waals surface area contributed by atoms with Crippen molar-refractivity contribution in [1.82, 2.24) is 4.98 Å². The molecule has 1 heterocycles.